The first kappa shape index (κ1) is 21.1. The number of aryl methyl sites for hydroxylation is 1. The molecule has 3 aromatic rings. The molecule has 31 heavy (non-hydrogen) atoms. The summed E-state index contributed by atoms with van der Waals surface area (Å²) in [5.74, 6) is -1.17. The number of esters is 1. The summed E-state index contributed by atoms with van der Waals surface area (Å²) < 4.78 is 30.7. The van der Waals surface area contributed by atoms with Crippen molar-refractivity contribution in [2.24, 2.45) is 0 Å². The maximum Gasteiger partial charge on any atom is 0.342 e. The fraction of sp³-hybridized carbons (Fsp3) is 0.304. The van der Waals surface area contributed by atoms with Crippen LogP contribution in [0, 0.1) is 13.8 Å². The molecule has 1 aliphatic rings. The standard InChI is InChI=1S/C23H23NO6S/c1-14-9-19(15(2)24(14)18-7-8-31(28,29)13-18)22(26)12-30-23(27)20-10-16-5-3-4-6-17(16)11-21(20)25/h3-6,9-11,18,25H,7-8,12-13H2,1-2H3. The number of hydrogen-bond donors (Lipinski definition) is 1. The molecule has 1 aromatic heterocycles. The number of ether oxygens (including phenoxy) is 1. The van der Waals surface area contributed by atoms with Gasteiger partial charge in [-0.3, -0.25) is 4.79 Å². The monoisotopic (exact) mass is 441 g/mol. The quantitative estimate of drug-likeness (QED) is 0.481. The number of carbonyl (C=O) groups excluding carboxylic acids is 2. The smallest absolute Gasteiger partial charge is 0.342 e. The van der Waals surface area contributed by atoms with Gasteiger partial charge in [-0.15, -0.1) is 0 Å². The zero-order valence-electron chi connectivity index (χ0n) is 17.3. The van der Waals surface area contributed by atoms with Crippen molar-refractivity contribution in [3.8, 4) is 5.75 Å². The fourth-order valence-corrected chi connectivity index (χ4v) is 5.98. The number of fused-ring (bicyclic) bond motifs is 1. The summed E-state index contributed by atoms with van der Waals surface area (Å²) >= 11 is 0. The van der Waals surface area contributed by atoms with Gasteiger partial charge in [-0.2, -0.15) is 0 Å². The van der Waals surface area contributed by atoms with Crippen LogP contribution in [0.2, 0.25) is 0 Å². The van der Waals surface area contributed by atoms with Crippen LogP contribution in [0.3, 0.4) is 0 Å². The molecule has 162 valence electrons. The number of aromatic nitrogens is 1. The molecule has 0 spiro atoms. The van der Waals surface area contributed by atoms with E-state index in [4.69, 9.17) is 4.74 Å². The first-order chi connectivity index (χ1) is 14.7. The number of ketones is 1. The van der Waals surface area contributed by atoms with Crippen molar-refractivity contribution in [1.82, 2.24) is 4.57 Å². The molecule has 1 unspecified atom stereocenters. The van der Waals surface area contributed by atoms with Gasteiger partial charge in [0, 0.05) is 23.0 Å². The highest BCUT2D eigenvalue weighted by molar-refractivity contribution is 7.91. The minimum absolute atomic E-state index is 0.00636. The number of sulfone groups is 1. The lowest BCUT2D eigenvalue weighted by Gasteiger charge is -2.16. The molecule has 1 N–H and O–H groups in total. The summed E-state index contributed by atoms with van der Waals surface area (Å²) in [5.41, 5.74) is 1.85. The Bertz CT molecular complexity index is 1310. The minimum Gasteiger partial charge on any atom is -0.507 e. The molecule has 1 atom stereocenters. The van der Waals surface area contributed by atoms with Crippen molar-refractivity contribution >= 4 is 32.4 Å². The fourth-order valence-electron chi connectivity index (χ4n) is 4.28. The third-order valence-electron chi connectivity index (χ3n) is 5.78. The van der Waals surface area contributed by atoms with E-state index < -0.39 is 22.4 Å². The minimum atomic E-state index is -3.06. The van der Waals surface area contributed by atoms with E-state index in [1.807, 2.05) is 35.8 Å². The highest BCUT2D eigenvalue weighted by Crippen LogP contribution is 2.30. The number of hydrogen-bond acceptors (Lipinski definition) is 6. The number of Topliss-reactive ketones (excluding diaryl/α,β-unsaturated/α-hetero) is 1. The third kappa shape index (κ3) is 4.07. The van der Waals surface area contributed by atoms with Crippen LogP contribution in [-0.4, -0.2) is 48.0 Å². The summed E-state index contributed by atoms with van der Waals surface area (Å²) in [6, 6.07) is 11.8. The number of nitrogens with zero attached hydrogens (tertiary/aromatic N) is 1. The molecule has 0 saturated carbocycles. The van der Waals surface area contributed by atoms with Crippen LogP contribution >= 0.6 is 0 Å². The molecule has 0 radical (unpaired) electrons. The molecule has 8 heteroatoms. The van der Waals surface area contributed by atoms with E-state index in [0.717, 1.165) is 16.5 Å². The highest BCUT2D eigenvalue weighted by atomic mass is 32.2. The molecule has 2 heterocycles. The summed E-state index contributed by atoms with van der Waals surface area (Å²) in [4.78, 5) is 25.2. The average Bonchev–Trinajstić information content (AvgIpc) is 3.22. The van der Waals surface area contributed by atoms with Crippen molar-refractivity contribution in [3.63, 3.8) is 0 Å². The van der Waals surface area contributed by atoms with E-state index in [1.54, 1.807) is 13.0 Å². The topological polar surface area (TPSA) is 103 Å². The molecule has 7 nitrogen and oxygen atoms in total. The lowest BCUT2D eigenvalue weighted by molar-refractivity contribution is 0.0471. The highest BCUT2D eigenvalue weighted by Gasteiger charge is 2.31. The van der Waals surface area contributed by atoms with E-state index >= 15 is 0 Å². The van der Waals surface area contributed by atoms with Crippen LogP contribution < -0.4 is 0 Å². The number of benzene rings is 2. The van der Waals surface area contributed by atoms with E-state index in [-0.39, 0.29) is 34.6 Å². The van der Waals surface area contributed by atoms with Gasteiger partial charge >= 0.3 is 5.97 Å². The Morgan fingerprint density at radius 3 is 2.42 bits per heavy atom. The molecule has 0 amide bonds. The van der Waals surface area contributed by atoms with Crippen LogP contribution in [0.25, 0.3) is 10.8 Å². The second-order valence-electron chi connectivity index (χ2n) is 7.93. The van der Waals surface area contributed by atoms with Gasteiger partial charge in [-0.1, -0.05) is 24.3 Å². The predicted molar refractivity (Wildman–Crippen MR) is 116 cm³/mol. The van der Waals surface area contributed by atoms with E-state index in [9.17, 15) is 23.1 Å². The number of carbonyl (C=O) groups is 2. The molecular weight excluding hydrogens is 418 g/mol. The zero-order valence-corrected chi connectivity index (χ0v) is 18.1. The van der Waals surface area contributed by atoms with E-state index in [1.165, 1.54) is 12.1 Å². The van der Waals surface area contributed by atoms with Gasteiger partial charge in [0.05, 0.1) is 11.5 Å². The second-order valence-corrected chi connectivity index (χ2v) is 10.2. The van der Waals surface area contributed by atoms with Crippen molar-refractivity contribution < 1.29 is 27.9 Å². The Morgan fingerprint density at radius 1 is 1.10 bits per heavy atom. The molecule has 0 bridgehead atoms. The maximum atomic E-state index is 12.7. The van der Waals surface area contributed by atoms with Crippen molar-refractivity contribution in [1.29, 1.82) is 0 Å². The first-order valence-corrected chi connectivity index (χ1v) is 11.8. The lowest BCUT2D eigenvalue weighted by Crippen LogP contribution is -2.17. The van der Waals surface area contributed by atoms with Gasteiger partial charge in [-0.05, 0) is 49.2 Å². The van der Waals surface area contributed by atoms with Gasteiger partial charge in [0.2, 0.25) is 5.78 Å². The van der Waals surface area contributed by atoms with E-state index in [0.29, 0.717) is 17.7 Å². The second kappa shape index (κ2) is 7.85. The number of aromatic hydroxyl groups is 1. The zero-order chi connectivity index (χ0) is 22.3. The number of phenols is 1. The Morgan fingerprint density at radius 2 is 1.77 bits per heavy atom. The SMILES string of the molecule is Cc1cc(C(=O)COC(=O)c2cc3ccccc3cc2O)c(C)n1C1CCS(=O)(=O)C1. The van der Waals surface area contributed by atoms with Gasteiger partial charge in [-0.25, -0.2) is 13.2 Å². The first-order valence-electron chi connectivity index (χ1n) is 9.97. The van der Waals surface area contributed by atoms with Crippen LogP contribution in [-0.2, 0) is 14.6 Å². The van der Waals surface area contributed by atoms with Gasteiger partial charge in [0.1, 0.15) is 11.3 Å². The normalized spacial score (nSPS) is 17.7. The Labute approximate surface area is 180 Å². The summed E-state index contributed by atoms with van der Waals surface area (Å²) in [7, 11) is -3.06. The molecule has 4 rings (SSSR count). The molecular formula is C23H23NO6S. The average molecular weight is 442 g/mol. The van der Waals surface area contributed by atoms with Crippen LogP contribution in [0.5, 0.6) is 5.75 Å². The summed E-state index contributed by atoms with van der Waals surface area (Å²) in [6.45, 7) is 3.12. The Balaban J connectivity index is 1.50. The Hall–Kier alpha value is -3.13. The van der Waals surface area contributed by atoms with Crippen LogP contribution in [0.4, 0.5) is 0 Å². The summed E-state index contributed by atoms with van der Waals surface area (Å²) in [5, 5.41) is 11.7. The van der Waals surface area contributed by atoms with Crippen LogP contribution in [0.15, 0.2) is 42.5 Å². The van der Waals surface area contributed by atoms with Crippen molar-refractivity contribution in [3.05, 3.63) is 65.0 Å². The largest absolute Gasteiger partial charge is 0.507 e. The number of rotatable bonds is 5. The van der Waals surface area contributed by atoms with E-state index in [2.05, 4.69) is 0 Å². The molecule has 1 saturated heterocycles. The maximum absolute atomic E-state index is 12.7. The summed E-state index contributed by atoms with van der Waals surface area (Å²) in [6.07, 6.45) is 0.516. The van der Waals surface area contributed by atoms with Crippen molar-refractivity contribution in [2.75, 3.05) is 18.1 Å². The molecule has 2 aromatic carbocycles. The Kier molecular flexibility index (Phi) is 5.35. The molecule has 1 fully saturated rings. The van der Waals surface area contributed by atoms with Gasteiger partial charge in [0.25, 0.3) is 0 Å². The molecule has 0 aliphatic carbocycles. The van der Waals surface area contributed by atoms with Crippen molar-refractivity contribution in [2.45, 2.75) is 26.3 Å². The van der Waals surface area contributed by atoms with Gasteiger partial charge in [0.15, 0.2) is 16.4 Å². The third-order valence-corrected chi connectivity index (χ3v) is 7.53. The predicted octanol–water partition coefficient (Wildman–Crippen LogP) is 3.36. The van der Waals surface area contributed by atoms with Gasteiger partial charge < -0.3 is 14.4 Å². The van der Waals surface area contributed by atoms with Crippen LogP contribution in [0.1, 0.15) is 44.6 Å². The number of phenolic OH excluding ortho intramolecular Hbond substituents is 1. The lowest BCUT2D eigenvalue weighted by atomic mass is 10.1. The molecule has 1 aliphatic heterocycles.